The van der Waals surface area contributed by atoms with Gasteiger partial charge >= 0.3 is 6.03 Å². The van der Waals surface area contributed by atoms with Crippen LogP contribution in [0, 0.1) is 0 Å². The number of carbonyl (C=O) groups is 2. The third-order valence-corrected chi connectivity index (χ3v) is 6.89. The van der Waals surface area contributed by atoms with E-state index >= 15 is 0 Å². The Hall–Kier alpha value is -3.59. The number of rotatable bonds is 5. The van der Waals surface area contributed by atoms with Crippen LogP contribution in [0.3, 0.4) is 0 Å². The van der Waals surface area contributed by atoms with Gasteiger partial charge in [-0.1, -0.05) is 6.92 Å². The van der Waals surface area contributed by atoms with Gasteiger partial charge in [0.2, 0.25) is 0 Å². The molecule has 1 aromatic carbocycles. The van der Waals surface area contributed by atoms with E-state index in [9.17, 15) is 14.7 Å². The molecule has 9 nitrogen and oxygen atoms in total. The first kappa shape index (κ1) is 22.2. The molecule has 3 N–H and O–H groups in total. The molecule has 3 amide bonds. The van der Waals surface area contributed by atoms with Crippen LogP contribution in [0.5, 0.6) is 5.75 Å². The molecule has 2 aliphatic heterocycles. The number of carbonyl (C=O) groups excluding carboxylic acids is 2. The molecule has 0 unspecified atom stereocenters. The maximum atomic E-state index is 13.5. The number of nitrogens with zero attached hydrogens (tertiary/aromatic N) is 3. The number of benzene rings is 1. The standard InChI is InChI=1S/C25H29N5O4/c1-3-8-27-24(33)29-13-25(14-29)15-30(23(32)16-5-4-9-26-11-16)20(12-31)22-21(25)18-7-6-17(34-2)10-19(18)28-22/h4-7,9-11,20,28,31H,3,8,12-15H2,1-2H3,(H,27,33)/t20-/m1/s1. The Morgan fingerprint density at radius 2 is 2.12 bits per heavy atom. The number of methoxy groups -OCH3 is 1. The van der Waals surface area contributed by atoms with Crippen molar-refractivity contribution in [2.75, 3.05) is 39.9 Å². The van der Waals surface area contributed by atoms with Crippen molar-refractivity contribution in [1.29, 1.82) is 0 Å². The van der Waals surface area contributed by atoms with Crippen LogP contribution in [-0.2, 0) is 5.41 Å². The minimum Gasteiger partial charge on any atom is -0.497 e. The number of pyridine rings is 1. The zero-order valence-electron chi connectivity index (χ0n) is 19.4. The van der Waals surface area contributed by atoms with Gasteiger partial charge in [0.05, 0.1) is 30.7 Å². The van der Waals surface area contributed by atoms with Crippen molar-refractivity contribution in [3.05, 3.63) is 59.5 Å². The van der Waals surface area contributed by atoms with E-state index in [0.29, 0.717) is 31.7 Å². The first-order valence-electron chi connectivity index (χ1n) is 11.6. The fourth-order valence-corrected chi connectivity index (χ4v) is 5.30. The van der Waals surface area contributed by atoms with Crippen LogP contribution in [0.15, 0.2) is 42.7 Å². The van der Waals surface area contributed by atoms with Gasteiger partial charge in [-0.3, -0.25) is 9.78 Å². The highest BCUT2D eigenvalue weighted by Crippen LogP contribution is 2.48. The molecule has 5 rings (SSSR count). The number of aliphatic hydroxyl groups is 1. The summed E-state index contributed by atoms with van der Waals surface area (Å²) in [5.41, 5.74) is 2.79. The average Bonchev–Trinajstić information content (AvgIpc) is 3.24. The Morgan fingerprint density at radius 3 is 2.79 bits per heavy atom. The largest absolute Gasteiger partial charge is 0.497 e. The lowest BCUT2D eigenvalue weighted by molar-refractivity contribution is 0.0140. The van der Waals surface area contributed by atoms with E-state index in [4.69, 9.17) is 4.74 Å². The predicted octanol–water partition coefficient (Wildman–Crippen LogP) is 2.43. The molecule has 0 aliphatic carbocycles. The number of hydrogen-bond acceptors (Lipinski definition) is 5. The molecule has 1 saturated heterocycles. The first-order valence-corrected chi connectivity index (χ1v) is 11.6. The lowest BCUT2D eigenvalue weighted by Crippen LogP contribution is -2.69. The van der Waals surface area contributed by atoms with Gasteiger partial charge in [0.25, 0.3) is 5.91 Å². The van der Waals surface area contributed by atoms with Crippen molar-refractivity contribution < 1.29 is 19.4 Å². The fraction of sp³-hybridized carbons (Fsp3) is 0.400. The summed E-state index contributed by atoms with van der Waals surface area (Å²) in [4.78, 5) is 37.2. The van der Waals surface area contributed by atoms with E-state index in [2.05, 4.69) is 15.3 Å². The van der Waals surface area contributed by atoms with E-state index in [0.717, 1.165) is 34.3 Å². The first-order chi connectivity index (χ1) is 16.5. The highest BCUT2D eigenvalue weighted by molar-refractivity contribution is 5.96. The van der Waals surface area contributed by atoms with Crippen LogP contribution < -0.4 is 10.1 Å². The zero-order chi connectivity index (χ0) is 23.9. The molecule has 178 valence electrons. The number of aliphatic hydroxyl groups excluding tert-OH is 1. The van der Waals surface area contributed by atoms with Gasteiger partial charge in [0.15, 0.2) is 0 Å². The van der Waals surface area contributed by atoms with E-state index in [-0.39, 0.29) is 18.5 Å². The Labute approximate surface area is 197 Å². The molecule has 9 heteroatoms. The fourth-order valence-electron chi connectivity index (χ4n) is 5.30. The molecule has 1 atom stereocenters. The number of nitrogens with one attached hydrogen (secondary N) is 2. The van der Waals surface area contributed by atoms with E-state index in [1.807, 2.05) is 25.1 Å². The molecule has 4 heterocycles. The van der Waals surface area contributed by atoms with Gasteiger partial charge in [-0.15, -0.1) is 0 Å². The van der Waals surface area contributed by atoms with Crippen molar-refractivity contribution in [3.63, 3.8) is 0 Å². The quantitative estimate of drug-likeness (QED) is 0.538. The van der Waals surface area contributed by atoms with E-state index in [1.165, 1.54) is 0 Å². The van der Waals surface area contributed by atoms with Crippen LogP contribution in [0.1, 0.15) is 41.0 Å². The number of H-pyrrole nitrogens is 1. The highest BCUT2D eigenvalue weighted by Gasteiger charge is 2.55. The zero-order valence-corrected chi connectivity index (χ0v) is 19.4. The number of likely N-dealkylation sites (tertiary alicyclic amines) is 1. The van der Waals surface area contributed by atoms with E-state index in [1.54, 1.807) is 41.4 Å². The summed E-state index contributed by atoms with van der Waals surface area (Å²) in [6, 6.07) is 8.68. The van der Waals surface area contributed by atoms with Crippen molar-refractivity contribution in [1.82, 2.24) is 25.1 Å². The third-order valence-electron chi connectivity index (χ3n) is 6.89. The summed E-state index contributed by atoms with van der Waals surface area (Å²) < 4.78 is 5.40. The molecule has 0 bridgehead atoms. The monoisotopic (exact) mass is 463 g/mol. The summed E-state index contributed by atoms with van der Waals surface area (Å²) >= 11 is 0. The number of aromatic nitrogens is 2. The minimum atomic E-state index is -0.533. The predicted molar refractivity (Wildman–Crippen MR) is 127 cm³/mol. The molecule has 34 heavy (non-hydrogen) atoms. The number of hydrogen-bond donors (Lipinski definition) is 3. The topological polar surface area (TPSA) is 111 Å². The van der Waals surface area contributed by atoms with Crippen LogP contribution in [0.4, 0.5) is 4.79 Å². The Morgan fingerprint density at radius 1 is 1.29 bits per heavy atom. The summed E-state index contributed by atoms with van der Waals surface area (Å²) in [5.74, 6) is 0.528. The number of aromatic amines is 1. The molecule has 1 fully saturated rings. The molecular formula is C25H29N5O4. The summed E-state index contributed by atoms with van der Waals surface area (Å²) in [6.45, 7) is 3.80. The number of amides is 3. The van der Waals surface area contributed by atoms with Gasteiger partial charge in [0.1, 0.15) is 5.75 Å². The van der Waals surface area contributed by atoms with Crippen LogP contribution >= 0.6 is 0 Å². The maximum Gasteiger partial charge on any atom is 0.317 e. The Kier molecular flexibility index (Phi) is 5.65. The lowest BCUT2D eigenvalue weighted by atomic mass is 9.68. The number of fused-ring (bicyclic) bond motifs is 4. The second kappa shape index (κ2) is 8.64. The number of ether oxygens (including phenoxy) is 1. The second-order valence-corrected chi connectivity index (χ2v) is 9.07. The molecule has 0 radical (unpaired) electrons. The van der Waals surface area contributed by atoms with Gasteiger partial charge in [-0.05, 0) is 36.2 Å². The van der Waals surface area contributed by atoms with Gasteiger partial charge in [0, 0.05) is 61.2 Å². The van der Waals surface area contributed by atoms with Crippen molar-refractivity contribution in [2.24, 2.45) is 0 Å². The lowest BCUT2D eigenvalue weighted by Gasteiger charge is -2.55. The summed E-state index contributed by atoms with van der Waals surface area (Å²) in [7, 11) is 1.62. The SMILES string of the molecule is CCCNC(=O)N1CC2(C1)CN(C(=O)c1cccnc1)[C@H](CO)c1[nH]c3cc(OC)ccc3c12. The number of urea groups is 1. The molecule has 0 saturated carbocycles. The third kappa shape index (κ3) is 3.47. The summed E-state index contributed by atoms with van der Waals surface area (Å²) in [6.07, 6.45) is 4.03. The van der Waals surface area contributed by atoms with Crippen LogP contribution in [0.25, 0.3) is 10.9 Å². The van der Waals surface area contributed by atoms with Gasteiger partial charge in [-0.2, -0.15) is 0 Å². The van der Waals surface area contributed by atoms with Crippen molar-refractivity contribution in [3.8, 4) is 5.75 Å². The van der Waals surface area contributed by atoms with Gasteiger partial charge < -0.3 is 29.9 Å². The highest BCUT2D eigenvalue weighted by atomic mass is 16.5. The van der Waals surface area contributed by atoms with E-state index < -0.39 is 11.5 Å². The molecule has 3 aromatic rings. The molecule has 1 spiro atoms. The molecular weight excluding hydrogens is 434 g/mol. The van der Waals surface area contributed by atoms with Gasteiger partial charge in [-0.25, -0.2) is 4.79 Å². The Balaban J connectivity index is 1.58. The van der Waals surface area contributed by atoms with Crippen molar-refractivity contribution in [2.45, 2.75) is 24.8 Å². The Bertz CT molecular complexity index is 1220. The second-order valence-electron chi connectivity index (χ2n) is 9.07. The molecule has 2 aromatic heterocycles. The maximum absolute atomic E-state index is 13.5. The van der Waals surface area contributed by atoms with Crippen LogP contribution in [0.2, 0.25) is 0 Å². The normalized spacial score (nSPS) is 18.5. The van der Waals surface area contributed by atoms with Crippen molar-refractivity contribution >= 4 is 22.8 Å². The minimum absolute atomic E-state index is 0.0926. The smallest absolute Gasteiger partial charge is 0.317 e. The van der Waals surface area contributed by atoms with Crippen LogP contribution in [-0.4, -0.2) is 76.7 Å². The molecule has 2 aliphatic rings. The summed E-state index contributed by atoms with van der Waals surface area (Å²) in [5, 5.41) is 14.4. The average molecular weight is 464 g/mol.